The Morgan fingerprint density at radius 1 is 1.46 bits per heavy atom. The lowest BCUT2D eigenvalue weighted by atomic mass is 10.0. The number of piperidine rings is 1. The molecule has 1 unspecified atom stereocenters. The van der Waals surface area contributed by atoms with Gasteiger partial charge in [-0.2, -0.15) is 17.0 Å². The summed E-state index contributed by atoms with van der Waals surface area (Å²) in [6.07, 6.45) is 5.49. The van der Waals surface area contributed by atoms with Crippen molar-refractivity contribution in [3.63, 3.8) is 0 Å². The Morgan fingerprint density at radius 2 is 2.29 bits per heavy atom. The molecule has 130 valence electrons. The predicted octanol–water partition coefficient (Wildman–Crippen LogP) is 2.45. The van der Waals surface area contributed by atoms with Gasteiger partial charge in [0.05, 0.1) is 11.3 Å². The number of nitriles is 1. The van der Waals surface area contributed by atoms with Crippen LogP contribution in [0.2, 0.25) is 0 Å². The minimum absolute atomic E-state index is 0.345. The summed E-state index contributed by atoms with van der Waals surface area (Å²) in [5.74, 6) is 2.03. The maximum Gasteiger partial charge on any atom is 0.191 e. The van der Waals surface area contributed by atoms with Gasteiger partial charge in [0.1, 0.15) is 6.07 Å². The number of para-hydroxylation sites is 1. The monoisotopic (exact) mass is 345 g/mol. The van der Waals surface area contributed by atoms with Crippen LogP contribution in [0.3, 0.4) is 0 Å². The minimum atomic E-state index is 0.345. The van der Waals surface area contributed by atoms with Crippen LogP contribution in [0.15, 0.2) is 29.3 Å². The standard InChI is InChI=1S/C18H27N5S/c1-20-18(21-10-6-12-24-2)22-16-8-5-11-23(14-16)17-9-4-3-7-15(17)13-19/h3-4,7,9,16H,5-6,8,10-12,14H2,1-2H3,(H2,20,21,22). The fraction of sp³-hybridized carbons (Fsp3) is 0.556. The van der Waals surface area contributed by atoms with Crippen molar-refractivity contribution in [1.82, 2.24) is 10.6 Å². The van der Waals surface area contributed by atoms with Gasteiger partial charge in [0.15, 0.2) is 5.96 Å². The van der Waals surface area contributed by atoms with Crippen molar-refractivity contribution in [2.24, 2.45) is 4.99 Å². The van der Waals surface area contributed by atoms with E-state index < -0.39 is 0 Å². The van der Waals surface area contributed by atoms with Crippen LogP contribution in [0.4, 0.5) is 5.69 Å². The molecule has 0 aliphatic carbocycles. The highest BCUT2D eigenvalue weighted by atomic mass is 32.2. The third-order valence-corrected chi connectivity index (χ3v) is 4.87. The number of rotatable bonds is 6. The highest BCUT2D eigenvalue weighted by Crippen LogP contribution is 2.23. The molecular formula is C18H27N5S. The second-order valence-electron chi connectivity index (χ2n) is 5.90. The summed E-state index contributed by atoms with van der Waals surface area (Å²) in [6, 6.07) is 10.5. The Labute approximate surface area is 149 Å². The van der Waals surface area contributed by atoms with E-state index in [9.17, 15) is 5.26 Å². The van der Waals surface area contributed by atoms with Gasteiger partial charge in [0.2, 0.25) is 0 Å². The molecule has 1 aromatic carbocycles. The molecule has 2 N–H and O–H groups in total. The molecular weight excluding hydrogens is 318 g/mol. The number of benzene rings is 1. The van der Waals surface area contributed by atoms with Crippen molar-refractivity contribution in [2.75, 3.05) is 43.6 Å². The molecule has 1 saturated heterocycles. The van der Waals surface area contributed by atoms with Crippen molar-refractivity contribution < 1.29 is 0 Å². The molecule has 1 fully saturated rings. The van der Waals surface area contributed by atoms with Crippen LogP contribution in [0.5, 0.6) is 0 Å². The van der Waals surface area contributed by atoms with Gasteiger partial charge < -0.3 is 15.5 Å². The highest BCUT2D eigenvalue weighted by molar-refractivity contribution is 7.98. The molecule has 24 heavy (non-hydrogen) atoms. The molecule has 1 aliphatic heterocycles. The Kier molecular flexibility index (Phi) is 7.76. The first-order valence-electron chi connectivity index (χ1n) is 8.48. The summed E-state index contributed by atoms with van der Waals surface area (Å²) in [7, 11) is 1.81. The number of guanidine groups is 1. The van der Waals surface area contributed by atoms with Crippen molar-refractivity contribution in [3.8, 4) is 6.07 Å². The first-order valence-corrected chi connectivity index (χ1v) is 9.88. The number of hydrogen-bond donors (Lipinski definition) is 2. The number of anilines is 1. The normalized spacial score (nSPS) is 18.1. The number of thioether (sulfide) groups is 1. The molecule has 0 spiro atoms. The lowest BCUT2D eigenvalue weighted by Gasteiger charge is -2.35. The van der Waals surface area contributed by atoms with E-state index in [2.05, 4.69) is 32.9 Å². The third-order valence-electron chi connectivity index (χ3n) is 4.17. The summed E-state index contributed by atoms with van der Waals surface area (Å²) in [5, 5.41) is 16.2. The molecule has 1 heterocycles. The molecule has 1 aliphatic rings. The van der Waals surface area contributed by atoms with Crippen LogP contribution in [-0.4, -0.2) is 50.7 Å². The lowest BCUT2D eigenvalue weighted by molar-refractivity contribution is 0.468. The van der Waals surface area contributed by atoms with E-state index in [1.54, 1.807) is 0 Å². The first-order chi connectivity index (χ1) is 11.8. The minimum Gasteiger partial charge on any atom is -0.368 e. The number of nitrogens with one attached hydrogen (secondary N) is 2. The van der Waals surface area contributed by atoms with Crippen molar-refractivity contribution in [2.45, 2.75) is 25.3 Å². The van der Waals surface area contributed by atoms with E-state index in [-0.39, 0.29) is 0 Å². The summed E-state index contributed by atoms with van der Waals surface area (Å²) in [6.45, 7) is 2.83. The average molecular weight is 346 g/mol. The van der Waals surface area contributed by atoms with Crippen LogP contribution in [0, 0.1) is 11.3 Å². The van der Waals surface area contributed by atoms with E-state index in [1.165, 1.54) is 0 Å². The smallest absolute Gasteiger partial charge is 0.191 e. The molecule has 5 nitrogen and oxygen atoms in total. The van der Waals surface area contributed by atoms with E-state index in [1.807, 2.05) is 43.1 Å². The molecule has 2 rings (SSSR count). The fourth-order valence-corrected chi connectivity index (χ4v) is 3.40. The topological polar surface area (TPSA) is 63.5 Å². The van der Waals surface area contributed by atoms with E-state index in [0.29, 0.717) is 6.04 Å². The maximum absolute atomic E-state index is 9.32. The molecule has 0 aromatic heterocycles. The quantitative estimate of drug-likeness (QED) is 0.471. The van der Waals surface area contributed by atoms with E-state index >= 15 is 0 Å². The lowest BCUT2D eigenvalue weighted by Crippen LogP contribution is -2.51. The Morgan fingerprint density at radius 3 is 3.04 bits per heavy atom. The average Bonchev–Trinajstić information content (AvgIpc) is 2.64. The largest absolute Gasteiger partial charge is 0.368 e. The molecule has 6 heteroatoms. The third kappa shape index (κ3) is 5.34. The Hall–Kier alpha value is -1.87. The summed E-state index contributed by atoms with van der Waals surface area (Å²) >= 11 is 1.86. The summed E-state index contributed by atoms with van der Waals surface area (Å²) in [5.41, 5.74) is 1.78. The highest BCUT2D eigenvalue weighted by Gasteiger charge is 2.22. The van der Waals surface area contributed by atoms with Gasteiger partial charge in [0, 0.05) is 32.7 Å². The summed E-state index contributed by atoms with van der Waals surface area (Å²) in [4.78, 5) is 6.63. The van der Waals surface area contributed by atoms with Crippen LogP contribution < -0.4 is 15.5 Å². The maximum atomic E-state index is 9.32. The van der Waals surface area contributed by atoms with Gasteiger partial charge in [-0.1, -0.05) is 12.1 Å². The number of hydrogen-bond acceptors (Lipinski definition) is 4. The molecule has 0 radical (unpaired) electrons. The van der Waals surface area contributed by atoms with Crippen molar-refractivity contribution >= 4 is 23.4 Å². The van der Waals surface area contributed by atoms with Crippen LogP contribution in [0.25, 0.3) is 0 Å². The molecule has 0 amide bonds. The van der Waals surface area contributed by atoms with Crippen molar-refractivity contribution in [3.05, 3.63) is 29.8 Å². The SMILES string of the molecule is CN=C(NCCCSC)NC1CCCN(c2ccccc2C#N)C1. The van der Waals surface area contributed by atoms with Crippen LogP contribution >= 0.6 is 11.8 Å². The van der Waals surface area contributed by atoms with Crippen molar-refractivity contribution in [1.29, 1.82) is 5.26 Å². The molecule has 0 saturated carbocycles. The van der Waals surface area contributed by atoms with Crippen LogP contribution in [-0.2, 0) is 0 Å². The zero-order valence-electron chi connectivity index (χ0n) is 14.6. The van der Waals surface area contributed by atoms with Gasteiger partial charge in [-0.15, -0.1) is 0 Å². The number of aliphatic imine (C=N–C) groups is 1. The van der Waals surface area contributed by atoms with Crippen LogP contribution in [0.1, 0.15) is 24.8 Å². The zero-order chi connectivity index (χ0) is 17.2. The van der Waals surface area contributed by atoms with Gasteiger partial charge in [-0.25, -0.2) is 0 Å². The first kappa shape index (κ1) is 18.5. The second kappa shape index (κ2) is 10.1. The van der Waals surface area contributed by atoms with Gasteiger partial charge in [-0.3, -0.25) is 4.99 Å². The summed E-state index contributed by atoms with van der Waals surface area (Å²) < 4.78 is 0. The number of nitrogens with zero attached hydrogens (tertiary/aromatic N) is 3. The Bertz CT molecular complexity index is 581. The fourth-order valence-electron chi connectivity index (χ4n) is 2.97. The Balaban J connectivity index is 1.92. The van der Waals surface area contributed by atoms with E-state index in [0.717, 1.165) is 61.9 Å². The van der Waals surface area contributed by atoms with E-state index in [4.69, 9.17) is 0 Å². The van der Waals surface area contributed by atoms with Gasteiger partial charge >= 0.3 is 0 Å². The second-order valence-corrected chi connectivity index (χ2v) is 6.89. The molecule has 1 aromatic rings. The van der Waals surface area contributed by atoms with Gasteiger partial charge in [-0.05, 0) is 43.4 Å². The molecule has 0 bridgehead atoms. The molecule has 1 atom stereocenters. The predicted molar refractivity (Wildman–Crippen MR) is 104 cm³/mol. The zero-order valence-corrected chi connectivity index (χ0v) is 15.4. The van der Waals surface area contributed by atoms with Gasteiger partial charge in [0.25, 0.3) is 0 Å².